The molecule has 2 amide bonds. The minimum absolute atomic E-state index is 0.0270. The van der Waals surface area contributed by atoms with Crippen molar-refractivity contribution in [3.05, 3.63) is 78.2 Å². The van der Waals surface area contributed by atoms with Crippen molar-refractivity contribution in [1.29, 1.82) is 0 Å². The molecule has 6 nitrogen and oxygen atoms in total. The number of fused-ring (bicyclic) bond motifs is 1. The first-order valence-electron chi connectivity index (χ1n) is 8.63. The number of carbonyl (C=O) groups excluding carboxylic acids is 1. The third-order valence-corrected chi connectivity index (χ3v) is 7.02. The van der Waals surface area contributed by atoms with Gasteiger partial charge in [0, 0.05) is 16.7 Å². The Morgan fingerprint density at radius 3 is 2.45 bits per heavy atom. The van der Waals surface area contributed by atoms with Crippen LogP contribution in [0.2, 0.25) is 0 Å². The highest BCUT2D eigenvalue weighted by molar-refractivity contribution is 7.98. The molecule has 29 heavy (non-hydrogen) atoms. The fourth-order valence-corrected chi connectivity index (χ4v) is 4.94. The van der Waals surface area contributed by atoms with Crippen LogP contribution >= 0.6 is 11.8 Å². The predicted octanol–water partition coefficient (Wildman–Crippen LogP) is 4.41. The molecule has 3 aromatic rings. The van der Waals surface area contributed by atoms with Gasteiger partial charge in [-0.25, -0.2) is 31.8 Å². The first-order valence-corrected chi connectivity index (χ1v) is 11.3. The molecule has 0 unspecified atom stereocenters. The quantitative estimate of drug-likeness (QED) is 0.575. The monoisotopic (exact) mass is 429 g/mol. The first-order chi connectivity index (χ1) is 13.9. The SMILES string of the molecule is CSc1ccc(N2C(=O)N(Cc3ccccc3F)S(=O)(=O)c3cccnc32)cc1. The number of hydrogen-bond donors (Lipinski definition) is 0. The van der Waals surface area contributed by atoms with E-state index < -0.39 is 28.4 Å². The topological polar surface area (TPSA) is 70.6 Å². The number of sulfonamides is 1. The van der Waals surface area contributed by atoms with Crippen LogP contribution in [-0.4, -0.2) is 30.0 Å². The molecule has 1 aromatic heterocycles. The highest BCUT2D eigenvalue weighted by atomic mass is 32.2. The summed E-state index contributed by atoms with van der Waals surface area (Å²) in [5.74, 6) is -0.553. The Morgan fingerprint density at radius 2 is 1.76 bits per heavy atom. The largest absolute Gasteiger partial charge is 0.344 e. The molecule has 0 aliphatic carbocycles. The minimum Gasteiger partial charge on any atom is -0.246 e. The predicted molar refractivity (Wildman–Crippen MR) is 109 cm³/mol. The molecule has 148 valence electrons. The van der Waals surface area contributed by atoms with Gasteiger partial charge >= 0.3 is 6.03 Å². The third kappa shape index (κ3) is 3.36. The van der Waals surface area contributed by atoms with Crippen LogP contribution in [0.4, 0.5) is 20.7 Å². The van der Waals surface area contributed by atoms with Crippen LogP contribution in [0.5, 0.6) is 0 Å². The van der Waals surface area contributed by atoms with Gasteiger partial charge in [0.15, 0.2) is 5.82 Å². The van der Waals surface area contributed by atoms with Crippen LogP contribution in [0.15, 0.2) is 76.7 Å². The van der Waals surface area contributed by atoms with Crippen molar-refractivity contribution in [1.82, 2.24) is 9.29 Å². The first kappa shape index (κ1) is 19.4. The van der Waals surface area contributed by atoms with Crippen molar-refractivity contribution >= 4 is 39.3 Å². The van der Waals surface area contributed by atoms with Crippen molar-refractivity contribution in [3.63, 3.8) is 0 Å². The number of rotatable bonds is 4. The fraction of sp³-hybridized carbons (Fsp3) is 0.100. The van der Waals surface area contributed by atoms with Gasteiger partial charge in [0.1, 0.15) is 10.7 Å². The number of urea groups is 1. The summed E-state index contributed by atoms with van der Waals surface area (Å²) in [6, 6.07) is 15.0. The number of hydrogen-bond acceptors (Lipinski definition) is 5. The molecule has 1 aliphatic heterocycles. The number of aromatic nitrogens is 1. The molecular weight excluding hydrogens is 413 g/mol. The van der Waals surface area contributed by atoms with Crippen LogP contribution in [0.3, 0.4) is 0 Å². The average Bonchev–Trinajstić information content (AvgIpc) is 2.73. The van der Waals surface area contributed by atoms with Gasteiger partial charge in [-0.05, 0) is 48.7 Å². The smallest absolute Gasteiger partial charge is 0.246 e. The summed E-state index contributed by atoms with van der Waals surface area (Å²) in [5.41, 5.74) is 0.579. The fourth-order valence-electron chi connectivity index (χ4n) is 3.07. The Bertz CT molecular complexity index is 1180. The van der Waals surface area contributed by atoms with Gasteiger partial charge in [0.05, 0.1) is 12.2 Å². The van der Waals surface area contributed by atoms with Gasteiger partial charge in [0.2, 0.25) is 0 Å². The maximum absolute atomic E-state index is 14.2. The van der Waals surface area contributed by atoms with Gasteiger partial charge < -0.3 is 0 Å². The molecule has 4 rings (SSSR count). The van der Waals surface area contributed by atoms with Crippen LogP contribution in [0, 0.1) is 5.82 Å². The lowest BCUT2D eigenvalue weighted by Gasteiger charge is -2.35. The lowest BCUT2D eigenvalue weighted by molar-refractivity contribution is 0.228. The molecule has 0 saturated carbocycles. The number of nitrogens with zero attached hydrogens (tertiary/aromatic N) is 3. The van der Waals surface area contributed by atoms with E-state index in [1.54, 1.807) is 30.0 Å². The molecule has 1 aliphatic rings. The van der Waals surface area contributed by atoms with E-state index in [-0.39, 0.29) is 16.3 Å². The van der Waals surface area contributed by atoms with E-state index in [1.165, 1.54) is 41.4 Å². The van der Waals surface area contributed by atoms with Crippen LogP contribution in [0.25, 0.3) is 0 Å². The van der Waals surface area contributed by atoms with E-state index >= 15 is 0 Å². The normalized spacial score (nSPS) is 15.3. The lowest BCUT2D eigenvalue weighted by atomic mass is 10.2. The van der Waals surface area contributed by atoms with Crippen LogP contribution < -0.4 is 4.90 Å². The number of thioether (sulfide) groups is 1. The van der Waals surface area contributed by atoms with Crippen LogP contribution in [0.1, 0.15) is 5.56 Å². The van der Waals surface area contributed by atoms with Crippen molar-refractivity contribution in [2.24, 2.45) is 0 Å². The summed E-state index contributed by atoms with van der Waals surface area (Å²) in [6.07, 6.45) is 3.36. The van der Waals surface area contributed by atoms with Gasteiger partial charge in [-0.2, -0.15) is 0 Å². The van der Waals surface area contributed by atoms with Crippen LogP contribution in [-0.2, 0) is 16.6 Å². The summed E-state index contributed by atoms with van der Waals surface area (Å²) >= 11 is 1.55. The Balaban J connectivity index is 1.85. The van der Waals surface area contributed by atoms with E-state index in [1.807, 2.05) is 18.4 Å². The van der Waals surface area contributed by atoms with Crippen molar-refractivity contribution in [2.75, 3.05) is 11.2 Å². The Morgan fingerprint density at radius 1 is 1.03 bits per heavy atom. The summed E-state index contributed by atoms with van der Waals surface area (Å²) in [5, 5.41) is 0. The number of amides is 2. The molecule has 0 fully saturated rings. The van der Waals surface area contributed by atoms with E-state index in [0.717, 1.165) is 4.90 Å². The average molecular weight is 429 g/mol. The van der Waals surface area contributed by atoms with Gasteiger partial charge in [-0.15, -0.1) is 11.8 Å². The van der Waals surface area contributed by atoms with Gasteiger partial charge in [0.25, 0.3) is 10.0 Å². The second-order valence-corrected chi connectivity index (χ2v) is 8.95. The second-order valence-electron chi connectivity index (χ2n) is 6.24. The molecule has 0 saturated heterocycles. The minimum atomic E-state index is -4.19. The third-order valence-electron chi connectivity index (χ3n) is 4.54. The molecule has 2 heterocycles. The highest BCUT2D eigenvalue weighted by Gasteiger charge is 2.43. The molecule has 0 spiro atoms. The summed E-state index contributed by atoms with van der Waals surface area (Å²) in [6.45, 7) is -0.415. The zero-order valence-corrected chi connectivity index (χ0v) is 17.0. The lowest BCUT2D eigenvalue weighted by Crippen LogP contribution is -2.48. The number of halogens is 1. The van der Waals surface area contributed by atoms with Crippen molar-refractivity contribution in [3.8, 4) is 0 Å². The number of benzene rings is 2. The number of anilines is 2. The van der Waals surface area contributed by atoms with Crippen molar-refractivity contribution < 1.29 is 17.6 Å². The molecule has 0 radical (unpaired) electrons. The molecule has 0 bridgehead atoms. The molecule has 0 N–H and O–H groups in total. The number of carbonyl (C=O) groups is 1. The molecular formula is C20H16FN3O3S2. The Hall–Kier alpha value is -2.91. The van der Waals surface area contributed by atoms with E-state index in [0.29, 0.717) is 9.99 Å². The molecule has 9 heteroatoms. The van der Waals surface area contributed by atoms with E-state index in [4.69, 9.17) is 0 Å². The maximum atomic E-state index is 14.2. The standard InChI is InChI=1S/C20H16FN3O3S2/c1-28-16-10-8-15(9-11-16)24-19-18(7-4-12-22-19)29(26,27)23(20(24)25)13-14-5-2-3-6-17(14)21/h2-12H,13H2,1H3. The zero-order chi connectivity index (χ0) is 20.6. The Labute approximate surface area is 172 Å². The van der Waals surface area contributed by atoms with Gasteiger partial charge in [-0.3, -0.25) is 0 Å². The van der Waals surface area contributed by atoms with E-state index in [9.17, 15) is 17.6 Å². The second kappa shape index (κ2) is 7.49. The summed E-state index contributed by atoms with van der Waals surface area (Å²) < 4.78 is 41.1. The summed E-state index contributed by atoms with van der Waals surface area (Å²) in [4.78, 5) is 19.6. The summed E-state index contributed by atoms with van der Waals surface area (Å²) in [7, 11) is -4.19. The zero-order valence-electron chi connectivity index (χ0n) is 15.3. The molecule has 2 aromatic carbocycles. The van der Waals surface area contributed by atoms with Crippen molar-refractivity contribution in [2.45, 2.75) is 16.3 Å². The highest BCUT2D eigenvalue weighted by Crippen LogP contribution is 2.38. The Kier molecular flexibility index (Phi) is 5.01. The van der Waals surface area contributed by atoms with Gasteiger partial charge in [-0.1, -0.05) is 18.2 Å². The van der Waals surface area contributed by atoms with E-state index in [2.05, 4.69) is 4.98 Å². The molecule has 0 atom stereocenters. The maximum Gasteiger partial charge on any atom is 0.344 e. The number of pyridine rings is 1.